The SMILES string of the molecule is Cc1cc2sc(F)nc2cc1Br. The minimum Gasteiger partial charge on any atom is -0.209 e. The van der Waals surface area contributed by atoms with Gasteiger partial charge in [-0.3, -0.25) is 0 Å². The number of fused-ring (bicyclic) bond motifs is 1. The van der Waals surface area contributed by atoms with E-state index < -0.39 is 0 Å². The molecule has 0 aliphatic carbocycles. The first-order valence-electron chi connectivity index (χ1n) is 3.39. The minimum absolute atomic E-state index is 0.373. The van der Waals surface area contributed by atoms with E-state index in [1.165, 1.54) is 0 Å². The molecule has 1 aromatic carbocycles. The van der Waals surface area contributed by atoms with Crippen molar-refractivity contribution in [3.63, 3.8) is 0 Å². The zero-order valence-electron chi connectivity index (χ0n) is 6.27. The van der Waals surface area contributed by atoms with Gasteiger partial charge < -0.3 is 0 Å². The molecule has 0 radical (unpaired) electrons. The Bertz CT molecular complexity index is 399. The Morgan fingerprint density at radius 1 is 1.50 bits per heavy atom. The van der Waals surface area contributed by atoms with Gasteiger partial charge in [-0.25, -0.2) is 4.98 Å². The van der Waals surface area contributed by atoms with Crippen LogP contribution in [0.25, 0.3) is 10.2 Å². The predicted molar refractivity (Wildman–Crippen MR) is 52.0 cm³/mol. The molecular weight excluding hydrogens is 241 g/mol. The van der Waals surface area contributed by atoms with E-state index in [0.717, 1.165) is 31.6 Å². The molecule has 0 unspecified atom stereocenters. The van der Waals surface area contributed by atoms with E-state index in [0.29, 0.717) is 0 Å². The van der Waals surface area contributed by atoms with Crippen LogP contribution in [0.5, 0.6) is 0 Å². The topological polar surface area (TPSA) is 12.9 Å². The lowest BCUT2D eigenvalue weighted by atomic mass is 10.2. The third-order valence-corrected chi connectivity index (χ3v) is 3.30. The number of rotatable bonds is 0. The van der Waals surface area contributed by atoms with Gasteiger partial charge in [-0.1, -0.05) is 27.3 Å². The Labute approximate surface area is 81.4 Å². The van der Waals surface area contributed by atoms with Gasteiger partial charge in [-0.05, 0) is 24.6 Å². The Balaban J connectivity index is 2.83. The van der Waals surface area contributed by atoms with Crippen molar-refractivity contribution in [3.8, 4) is 0 Å². The first-order chi connectivity index (χ1) is 5.66. The number of halogens is 2. The summed E-state index contributed by atoms with van der Waals surface area (Å²) in [6.07, 6.45) is 0. The van der Waals surface area contributed by atoms with Gasteiger partial charge in [0.25, 0.3) is 5.26 Å². The second-order valence-corrected chi connectivity index (χ2v) is 4.37. The summed E-state index contributed by atoms with van der Waals surface area (Å²) < 4.78 is 14.5. The van der Waals surface area contributed by atoms with Gasteiger partial charge in [-0.2, -0.15) is 4.39 Å². The number of aromatic nitrogens is 1. The van der Waals surface area contributed by atoms with E-state index in [4.69, 9.17) is 0 Å². The highest BCUT2D eigenvalue weighted by Gasteiger charge is 2.04. The van der Waals surface area contributed by atoms with Crippen molar-refractivity contribution in [2.45, 2.75) is 6.92 Å². The molecule has 12 heavy (non-hydrogen) atoms. The predicted octanol–water partition coefficient (Wildman–Crippen LogP) is 3.51. The number of nitrogens with zero attached hydrogens (tertiary/aromatic N) is 1. The van der Waals surface area contributed by atoms with E-state index in [1.54, 1.807) is 0 Å². The Morgan fingerprint density at radius 2 is 2.25 bits per heavy atom. The second kappa shape index (κ2) is 2.78. The molecule has 0 saturated heterocycles. The quantitative estimate of drug-likeness (QED) is 0.693. The lowest BCUT2D eigenvalue weighted by molar-refractivity contribution is 0.620. The lowest BCUT2D eigenvalue weighted by Gasteiger charge is -1.95. The fourth-order valence-electron chi connectivity index (χ4n) is 1.02. The maximum Gasteiger partial charge on any atom is 0.270 e. The summed E-state index contributed by atoms with van der Waals surface area (Å²) in [7, 11) is 0. The fraction of sp³-hybridized carbons (Fsp3) is 0.125. The third-order valence-electron chi connectivity index (χ3n) is 1.64. The van der Waals surface area contributed by atoms with Crippen LogP contribution in [0.2, 0.25) is 0 Å². The van der Waals surface area contributed by atoms with Crippen LogP contribution in [0, 0.1) is 12.2 Å². The summed E-state index contributed by atoms with van der Waals surface area (Å²) in [4.78, 5) is 3.74. The summed E-state index contributed by atoms with van der Waals surface area (Å²) >= 11 is 4.44. The van der Waals surface area contributed by atoms with Crippen LogP contribution in [-0.4, -0.2) is 4.98 Å². The van der Waals surface area contributed by atoms with Crippen LogP contribution in [0.15, 0.2) is 16.6 Å². The molecule has 0 aliphatic rings. The van der Waals surface area contributed by atoms with Gasteiger partial charge in [0, 0.05) is 4.47 Å². The molecule has 62 valence electrons. The zero-order chi connectivity index (χ0) is 8.72. The summed E-state index contributed by atoms with van der Waals surface area (Å²) in [5.74, 6) is 0. The summed E-state index contributed by atoms with van der Waals surface area (Å²) in [6, 6.07) is 3.77. The van der Waals surface area contributed by atoms with Gasteiger partial charge in [0.05, 0.1) is 10.2 Å². The van der Waals surface area contributed by atoms with E-state index >= 15 is 0 Å². The maximum atomic E-state index is 12.7. The molecule has 2 rings (SSSR count). The Kier molecular flexibility index (Phi) is 1.88. The lowest BCUT2D eigenvalue weighted by Crippen LogP contribution is -1.75. The molecule has 0 saturated carbocycles. The molecule has 0 fully saturated rings. The zero-order valence-corrected chi connectivity index (χ0v) is 8.67. The average molecular weight is 246 g/mol. The smallest absolute Gasteiger partial charge is 0.209 e. The van der Waals surface area contributed by atoms with Crippen molar-refractivity contribution >= 4 is 37.5 Å². The normalized spacial score (nSPS) is 10.9. The van der Waals surface area contributed by atoms with Crippen molar-refractivity contribution in [1.29, 1.82) is 0 Å². The van der Waals surface area contributed by atoms with Gasteiger partial charge in [-0.15, -0.1) is 0 Å². The molecular formula is C8H5BrFNS. The molecule has 0 N–H and O–H groups in total. The first kappa shape index (κ1) is 8.13. The fourth-order valence-corrected chi connectivity index (χ4v) is 2.12. The molecule has 0 spiro atoms. The van der Waals surface area contributed by atoms with Crippen LogP contribution >= 0.6 is 27.3 Å². The van der Waals surface area contributed by atoms with E-state index in [9.17, 15) is 4.39 Å². The van der Waals surface area contributed by atoms with Gasteiger partial charge in [0.2, 0.25) is 0 Å². The van der Waals surface area contributed by atoms with Crippen LogP contribution in [0.1, 0.15) is 5.56 Å². The number of thiazole rings is 1. The molecule has 0 bridgehead atoms. The van der Waals surface area contributed by atoms with Gasteiger partial charge in [0.15, 0.2) is 0 Å². The van der Waals surface area contributed by atoms with Crippen molar-refractivity contribution in [3.05, 3.63) is 27.4 Å². The summed E-state index contributed by atoms with van der Waals surface area (Å²) in [5, 5.41) is -0.373. The highest BCUT2D eigenvalue weighted by atomic mass is 79.9. The Morgan fingerprint density at radius 3 is 3.00 bits per heavy atom. The molecule has 2 aromatic rings. The minimum atomic E-state index is -0.373. The molecule has 0 amide bonds. The molecule has 4 heteroatoms. The maximum absolute atomic E-state index is 12.7. The highest BCUT2D eigenvalue weighted by Crippen LogP contribution is 2.27. The van der Waals surface area contributed by atoms with E-state index in [-0.39, 0.29) is 5.26 Å². The largest absolute Gasteiger partial charge is 0.270 e. The number of benzene rings is 1. The summed E-state index contributed by atoms with van der Waals surface area (Å²) in [5.41, 5.74) is 1.82. The number of hydrogen-bond donors (Lipinski definition) is 0. The second-order valence-electron chi connectivity index (χ2n) is 2.54. The van der Waals surface area contributed by atoms with Gasteiger partial charge >= 0.3 is 0 Å². The van der Waals surface area contributed by atoms with Crippen molar-refractivity contribution in [2.24, 2.45) is 0 Å². The molecule has 1 aromatic heterocycles. The monoisotopic (exact) mass is 245 g/mol. The first-order valence-corrected chi connectivity index (χ1v) is 5.00. The van der Waals surface area contributed by atoms with E-state index in [1.807, 2.05) is 19.1 Å². The third kappa shape index (κ3) is 1.25. The summed E-state index contributed by atoms with van der Waals surface area (Å²) in [6.45, 7) is 1.97. The van der Waals surface area contributed by atoms with Crippen LogP contribution in [-0.2, 0) is 0 Å². The van der Waals surface area contributed by atoms with E-state index in [2.05, 4.69) is 20.9 Å². The van der Waals surface area contributed by atoms with Gasteiger partial charge in [0.1, 0.15) is 0 Å². The number of hydrogen-bond acceptors (Lipinski definition) is 2. The highest BCUT2D eigenvalue weighted by molar-refractivity contribution is 9.10. The molecule has 1 heterocycles. The number of aryl methyl sites for hydroxylation is 1. The van der Waals surface area contributed by atoms with Crippen LogP contribution in [0.3, 0.4) is 0 Å². The standard InChI is InChI=1S/C8H5BrFNS/c1-4-2-7-6(3-5(4)9)11-8(10)12-7/h2-3H,1H3. The Hall–Kier alpha value is -0.480. The van der Waals surface area contributed by atoms with Crippen LogP contribution < -0.4 is 0 Å². The van der Waals surface area contributed by atoms with Crippen LogP contribution in [0.4, 0.5) is 4.39 Å². The molecule has 1 nitrogen and oxygen atoms in total. The molecule has 0 aliphatic heterocycles. The van der Waals surface area contributed by atoms with Crippen molar-refractivity contribution in [2.75, 3.05) is 0 Å². The molecule has 0 atom stereocenters. The van der Waals surface area contributed by atoms with Crippen molar-refractivity contribution in [1.82, 2.24) is 4.98 Å². The average Bonchev–Trinajstić information content (AvgIpc) is 2.30. The van der Waals surface area contributed by atoms with Crippen molar-refractivity contribution < 1.29 is 4.39 Å².